The Balaban J connectivity index is 2.70. The first kappa shape index (κ1) is 12.2. The van der Waals surface area contributed by atoms with Crippen LogP contribution in [0.2, 0.25) is 0 Å². The number of hydrogen-bond acceptors (Lipinski definition) is 5. The van der Waals surface area contributed by atoms with Crippen molar-refractivity contribution >= 4 is 27.5 Å². The second-order valence-electron chi connectivity index (χ2n) is 4.58. The van der Waals surface area contributed by atoms with Gasteiger partial charge in [-0.05, 0) is 12.1 Å². The monoisotopic (exact) mass is 272 g/mol. The minimum Gasteiger partial charge on any atom is -0.277 e. The third-order valence-corrected chi connectivity index (χ3v) is 3.41. The molecule has 0 aliphatic carbocycles. The smallest absolute Gasteiger partial charge is 0.268 e. The Hall–Kier alpha value is -2.83. The summed E-state index contributed by atoms with van der Waals surface area (Å²) in [5.74, 6) is -0.703. The zero-order chi connectivity index (χ0) is 14.8. The van der Waals surface area contributed by atoms with Crippen molar-refractivity contribution in [2.24, 2.45) is 7.05 Å². The second-order valence-corrected chi connectivity index (χ2v) is 4.58. The zero-order valence-electron chi connectivity index (χ0n) is 10.6. The molecule has 3 rings (SSSR count). The molecule has 0 aliphatic heterocycles. The van der Waals surface area contributed by atoms with E-state index in [1.807, 2.05) is 0 Å². The minimum absolute atomic E-state index is 0.0274. The average Bonchev–Trinajstić information content (AvgIpc) is 2.77. The fourth-order valence-corrected chi connectivity index (χ4v) is 2.38. The Morgan fingerprint density at radius 3 is 1.50 bits per heavy atom. The molecule has 0 atom stereocenters. The highest BCUT2D eigenvalue weighted by Gasteiger charge is 2.19. The van der Waals surface area contributed by atoms with Crippen molar-refractivity contribution in [2.75, 3.05) is 0 Å². The molecule has 2 aromatic heterocycles. The lowest BCUT2D eigenvalue weighted by Crippen LogP contribution is -2.30. The number of carbonyl (C=O) groups excluding carboxylic acids is 1. The highest BCUT2D eigenvalue weighted by molar-refractivity contribution is 5.99. The number of aromatic nitrogens is 2. The number of nitrogens with zero attached hydrogens (tertiary/aromatic N) is 2. The Morgan fingerprint density at radius 1 is 0.800 bits per heavy atom. The summed E-state index contributed by atoms with van der Waals surface area (Å²) in [5.41, 5.74) is -2.60. The van der Waals surface area contributed by atoms with Crippen LogP contribution in [-0.4, -0.2) is 15.0 Å². The van der Waals surface area contributed by atoms with Crippen molar-refractivity contribution in [2.45, 2.75) is 6.92 Å². The topological polar surface area (TPSA) is 95.2 Å². The number of fused-ring (bicyclic) bond motifs is 2. The first-order valence-electron chi connectivity index (χ1n) is 5.74. The molecule has 0 bridgehead atoms. The van der Waals surface area contributed by atoms with Crippen LogP contribution in [0.5, 0.6) is 0 Å². The van der Waals surface area contributed by atoms with Crippen molar-refractivity contribution in [3.8, 4) is 0 Å². The molecule has 0 unspecified atom stereocenters. The van der Waals surface area contributed by atoms with Crippen LogP contribution in [-0.2, 0) is 7.05 Å². The van der Waals surface area contributed by atoms with E-state index in [4.69, 9.17) is 0 Å². The molecule has 0 spiro atoms. The summed E-state index contributed by atoms with van der Waals surface area (Å²) in [6.07, 6.45) is 0. The Morgan fingerprint density at radius 2 is 1.15 bits per heavy atom. The van der Waals surface area contributed by atoms with Gasteiger partial charge in [-0.1, -0.05) is 0 Å². The molecule has 0 N–H and O–H groups in total. The van der Waals surface area contributed by atoms with Crippen molar-refractivity contribution in [3.63, 3.8) is 0 Å². The van der Waals surface area contributed by atoms with Crippen LogP contribution < -0.4 is 22.2 Å². The molecule has 0 saturated heterocycles. The van der Waals surface area contributed by atoms with Crippen LogP contribution in [0.4, 0.5) is 0 Å². The molecule has 7 nitrogen and oxygen atoms in total. The van der Waals surface area contributed by atoms with Gasteiger partial charge < -0.3 is 0 Å². The van der Waals surface area contributed by atoms with Gasteiger partial charge in [0.1, 0.15) is 0 Å². The van der Waals surface area contributed by atoms with Gasteiger partial charge in [-0.2, -0.15) is 0 Å². The summed E-state index contributed by atoms with van der Waals surface area (Å²) in [7, 11) is 1.32. The maximum absolute atomic E-state index is 12.0. The normalized spacial score (nSPS) is 11.5. The number of benzene rings is 1. The van der Waals surface area contributed by atoms with Crippen molar-refractivity contribution < 1.29 is 4.79 Å². The summed E-state index contributed by atoms with van der Waals surface area (Å²) >= 11 is 0. The van der Waals surface area contributed by atoms with E-state index in [2.05, 4.69) is 0 Å². The second kappa shape index (κ2) is 3.60. The van der Waals surface area contributed by atoms with Crippen molar-refractivity contribution in [1.29, 1.82) is 0 Å². The number of rotatable bonds is 0. The van der Waals surface area contributed by atoms with E-state index < -0.39 is 28.1 Å². The molecule has 20 heavy (non-hydrogen) atoms. The summed E-state index contributed by atoms with van der Waals surface area (Å²) in [6, 6.07) is 2.41. The van der Waals surface area contributed by atoms with Crippen LogP contribution in [0.25, 0.3) is 21.5 Å². The predicted octanol–water partition coefficient (Wildman–Crippen LogP) is -0.891. The van der Waals surface area contributed by atoms with E-state index in [1.165, 1.54) is 19.2 Å². The maximum Gasteiger partial charge on any atom is 0.268 e. The molecule has 7 heteroatoms. The molecule has 0 radical (unpaired) electrons. The molecule has 0 fully saturated rings. The van der Waals surface area contributed by atoms with E-state index in [9.17, 15) is 24.0 Å². The van der Waals surface area contributed by atoms with Gasteiger partial charge in [0.05, 0.1) is 21.5 Å². The van der Waals surface area contributed by atoms with Gasteiger partial charge in [0.2, 0.25) is 5.91 Å². The van der Waals surface area contributed by atoms with Gasteiger partial charge in [0.25, 0.3) is 22.2 Å². The minimum atomic E-state index is -0.768. The van der Waals surface area contributed by atoms with Crippen molar-refractivity contribution in [1.82, 2.24) is 9.13 Å². The average molecular weight is 272 g/mol. The van der Waals surface area contributed by atoms with E-state index in [-0.39, 0.29) is 21.5 Å². The van der Waals surface area contributed by atoms with Crippen LogP contribution in [0.15, 0.2) is 31.3 Å². The molecule has 100 valence electrons. The van der Waals surface area contributed by atoms with Gasteiger partial charge in [-0.25, -0.2) is 4.57 Å². The summed E-state index contributed by atoms with van der Waals surface area (Å²) < 4.78 is 1.41. The third kappa shape index (κ3) is 1.26. The van der Waals surface area contributed by atoms with Crippen LogP contribution in [0, 0.1) is 0 Å². The van der Waals surface area contributed by atoms with Gasteiger partial charge in [0, 0.05) is 14.0 Å². The van der Waals surface area contributed by atoms with E-state index in [1.54, 1.807) is 0 Å². The maximum atomic E-state index is 12.0. The molecular formula is C13H8N2O5. The lowest BCUT2D eigenvalue weighted by Gasteiger charge is -1.87. The van der Waals surface area contributed by atoms with Gasteiger partial charge in [-0.15, -0.1) is 0 Å². The van der Waals surface area contributed by atoms with Crippen LogP contribution >= 0.6 is 0 Å². The SMILES string of the molecule is CC(=O)n1c(=O)c2cc3c(=O)n(C)c(=O)c3cc2c1=O. The summed E-state index contributed by atoms with van der Waals surface area (Å²) in [5, 5.41) is 0.0893. The lowest BCUT2D eigenvalue weighted by molar-refractivity contribution is 0.0930. The molecular weight excluding hydrogens is 264 g/mol. The Kier molecular flexibility index (Phi) is 2.20. The van der Waals surface area contributed by atoms with Gasteiger partial charge in [-0.3, -0.25) is 28.5 Å². The molecule has 1 aromatic carbocycles. The molecule has 3 aromatic rings. The summed E-state index contributed by atoms with van der Waals surface area (Å²) in [6.45, 7) is 1.10. The van der Waals surface area contributed by atoms with Crippen molar-refractivity contribution in [3.05, 3.63) is 53.5 Å². The Labute approximate surface area is 110 Å². The fraction of sp³-hybridized carbons (Fsp3) is 0.154. The first-order chi connectivity index (χ1) is 9.34. The largest absolute Gasteiger partial charge is 0.277 e. The fourth-order valence-electron chi connectivity index (χ4n) is 2.38. The first-order valence-corrected chi connectivity index (χ1v) is 5.74. The standard InChI is InChI=1S/C13H8N2O5/c1-5(16)15-12(19)8-3-6-7(4-9(8)13(15)20)11(18)14(2)10(6)17/h3-4H,1-2H3. The van der Waals surface area contributed by atoms with Crippen LogP contribution in [0.3, 0.4) is 0 Å². The van der Waals surface area contributed by atoms with E-state index >= 15 is 0 Å². The molecule has 2 heterocycles. The highest BCUT2D eigenvalue weighted by atomic mass is 16.2. The quantitative estimate of drug-likeness (QED) is 0.529. The number of carbonyl (C=O) groups is 1. The predicted molar refractivity (Wildman–Crippen MR) is 72.2 cm³/mol. The molecule has 0 amide bonds. The zero-order valence-corrected chi connectivity index (χ0v) is 10.6. The lowest BCUT2D eigenvalue weighted by atomic mass is 10.1. The molecule has 0 saturated carbocycles. The van der Waals surface area contributed by atoms with E-state index in [0.717, 1.165) is 11.5 Å². The summed E-state index contributed by atoms with van der Waals surface area (Å²) in [4.78, 5) is 59.0. The number of hydrogen-bond donors (Lipinski definition) is 0. The van der Waals surface area contributed by atoms with Gasteiger partial charge in [0.15, 0.2) is 0 Å². The molecule has 0 aliphatic rings. The van der Waals surface area contributed by atoms with E-state index in [0.29, 0.717) is 4.57 Å². The van der Waals surface area contributed by atoms with Gasteiger partial charge >= 0.3 is 0 Å². The highest BCUT2D eigenvalue weighted by Crippen LogP contribution is 2.13. The Bertz CT molecular complexity index is 1030. The third-order valence-electron chi connectivity index (χ3n) is 3.41. The van der Waals surface area contributed by atoms with Crippen LogP contribution in [0.1, 0.15) is 11.7 Å².